The predicted octanol–water partition coefficient (Wildman–Crippen LogP) is 2.92. The molecule has 0 saturated carbocycles. The van der Waals surface area contributed by atoms with Crippen molar-refractivity contribution in [3.05, 3.63) is 82.0 Å². The largest absolute Gasteiger partial charge is 0.439 e. The van der Waals surface area contributed by atoms with Crippen molar-refractivity contribution in [1.82, 2.24) is 20.6 Å². The second-order valence-corrected chi connectivity index (χ2v) is 6.16. The molecule has 0 saturated heterocycles. The molecule has 4 aromatic rings. The highest BCUT2D eigenvalue weighted by molar-refractivity contribution is 5.95. The number of hydrogen-bond acceptors (Lipinski definition) is 6. The molecule has 0 aliphatic carbocycles. The molecule has 0 bridgehead atoms. The highest BCUT2D eigenvalue weighted by Gasteiger charge is 2.15. The molecule has 4 rings (SSSR count). The van der Waals surface area contributed by atoms with Gasteiger partial charge in [-0.05, 0) is 19.1 Å². The fourth-order valence-electron chi connectivity index (χ4n) is 2.82. The van der Waals surface area contributed by atoms with Crippen LogP contribution in [0.2, 0.25) is 0 Å². The van der Waals surface area contributed by atoms with Crippen LogP contribution >= 0.6 is 0 Å². The van der Waals surface area contributed by atoms with Crippen LogP contribution in [-0.4, -0.2) is 21.2 Å². The molecule has 2 aromatic heterocycles. The van der Waals surface area contributed by atoms with Crippen molar-refractivity contribution < 1.29 is 13.8 Å². The second-order valence-electron chi connectivity index (χ2n) is 6.16. The Labute approximate surface area is 159 Å². The lowest BCUT2D eigenvalue weighted by Gasteiger charge is -2.05. The number of carbonyl (C=O) groups is 1. The van der Waals surface area contributed by atoms with E-state index in [0.29, 0.717) is 22.6 Å². The van der Waals surface area contributed by atoms with Crippen molar-refractivity contribution in [3.63, 3.8) is 0 Å². The quantitative estimate of drug-likeness (QED) is 0.553. The monoisotopic (exact) mass is 376 g/mol. The molecule has 2 N–H and O–H groups in total. The minimum atomic E-state index is -0.652. The standard InChI is InChI=1S/C20H16N4O4/c1-12-16(23-27-17(12)13-6-3-2-4-7-13)11-21-19(25)15-9-5-8-14(10-15)18-22-20(26)28-24-18/h2-10H,11H2,1H3,(H,21,25)(H,22,24,26). The zero-order chi connectivity index (χ0) is 19.5. The van der Waals surface area contributed by atoms with Crippen LogP contribution in [0.5, 0.6) is 0 Å². The smallest absolute Gasteiger partial charge is 0.356 e. The van der Waals surface area contributed by atoms with Gasteiger partial charge in [-0.25, -0.2) is 4.79 Å². The van der Waals surface area contributed by atoms with Crippen molar-refractivity contribution in [3.8, 4) is 22.7 Å². The van der Waals surface area contributed by atoms with Crippen molar-refractivity contribution in [1.29, 1.82) is 0 Å². The first-order valence-electron chi connectivity index (χ1n) is 8.57. The van der Waals surface area contributed by atoms with Gasteiger partial charge in [0.1, 0.15) is 5.69 Å². The number of aromatic nitrogens is 3. The van der Waals surface area contributed by atoms with Crippen LogP contribution in [0.4, 0.5) is 0 Å². The highest BCUT2D eigenvalue weighted by atomic mass is 16.5. The number of nitrogens with one attached hydrogen (secondary N) is 2. The number of carbonyl (C=O) groups excluding carboxylic acids is 1. The van der Waals surface area contributed by atoms with Crippen molar-refractivity contribution in [2.24, 2.45) is 0 Å². The van der Waals surface area contributed by atoms with Gasteiger partial charge in [0.05, 0.1) is 6.54 Å². The highest BCUT2D eigenvalue weighted by Crippen LogP contribution is 2.25. The maximum atomic E-state index is 12.5. The van der Waals surface area contributed by atoms with E-state index in [2.05, 4.69) is 25.1 Å². The molecule has 0 atom stereocenters. The van der Waals surface area contributed by atoms with E-state index in [9.17, 15) is 9.59 Å². The third-order valence-corrected chi connectivity index (χ3v) is 4.31. The first-order chi connectivity index (χ1) is 13.6. The van der Waals surface area contributed by atoms with Crippen LogP contribution in [0.1, 0.15) is 21.6 Å². The molecule has 0 unspecified atom stereocenters. The number of H-pyrrole nitrogens is 1. The lowest BCUT2D eigenvalue weighted by molar-refractivity contribution is 0.0950. The van der Waals surface area contributed by atoms with E-state index >= 15 is 0 Å². The Bertz CT molecular complexity index is 1170. The van der Waals surface area contributed by atoms with E-state index in [1.54, 1.807) is 24.3 Å². The Hall–Kier alpha value is -3.94. The van der Waals surface area contributed by atoms with E-state index in [0.717, 1.165) is 11.1 Å². The van der Waals surface area contributed by atoms with E-state index in [4.69, 9.17) is 4.52 Å². The van der Waals surface area contributed by atoms with Crippen LogP contribution in [0.25, 0.3) is 22.7 Å². The Morgan fingerprint density at radius 2 is 1.82 bits per heavy atom. The Morgan fingerprint density at radius 1 is 1.04 bits per heavy atom. The zero-order valence-electron chi connectivity index (χ0n) is 14.9. The van der Waals surface area contributed by atoms with Gasteiger partial charge in [-0.1, -0.05) is 52.8 Å². The summed E-state index contributed by atoms with van der Waals surface area (Å²) < 4.78 is 9.94. The number of amides is 1. The van der Waals surface area contributed by atoms with E-state index < -0.39 is 5.76 Å². The normalized spacial score (nSPS) is 10.8. The van der Waals surface area contributed by atoms with E-state index in [1.165, 1.54) is 0 Å². The average Bonchev–Trinajstić information content (AvgIpc) is 3.32. The fourth-order valence-corrected chi connectivity index (χ4v) is 2.82. The number of benzene rings is 2. The summed E-state index contributed by atoms with van der Waals surface area (Å²) in [6.07, 6.45) is 0. The topological polar surface area (TPSA) is 114 Å². The fraction of sp³-hybridized carbons (Fsp3) is 0.100. The zero-order valence-corrected chi connectivity index (χ0v) is 14.9. The third-order valence-electron chi connectivity index (χ3n) is 4.31. The molecule has 0 aliphatic rings. The molecule has 1 amide bonds. The number of nitrogens with zero attached hydrogens (tertiary/aromatic N) is 2. The Balaban J connectivity index is 1.48. The molecule has 28 heavy (non-hydrogen) atoms. The molecule has 0 aliphatic heterocycles. The van der Waals surface area contributed by atoms with Gasteiger partial charge >= 0.3 is 5.76 Å². The van der Waals surface area contributed by atoms with Gasteiger partial charge in [0.2, 0.25) is 0 Å². The summed E-state index contributed by atoms with van der Waals surface area (Å²) in [5, 5.41) is 10.5. The summed E-state index contributed by atoms with van der Waals surface area (Å²) in [6.45, 7) is 2.13. The predicted molar refractivity (Wildman–Crippen MR) is 100 cm³/mol. The second kappa shape index (κ2) is 7.36. The molecule has 0 spiro atoms. The first-order valence-corrected chi connectivity index (χ1v) is 8.57. The summed E-state index contributed by atoms with van der Waals surface area (Å²) in [4.78, 5) is 26.1. The molecule has 8 heteroatoms. The summed E-state index contributed by atoms with van der Waals surface area (Å²) >= 11 is 0. The molecule has 0 fully saturated rings. The third kappa shape index (κ3) is 3.48. The van der Waals surface area contributed by atoms with Crippen molar-refractivity contribution in [2.45, 2.75) is 13.5 Å². The maximum Gasteiger partial charge on any atom is 0.439 e. The van der Waals surface area contributed by atoms with Gasteiger partial charge in [-0.3, -0.25) is 14.3 Å². The number of hydrogen-bond donors (Lipinski definition) is 2. The van der Waals surface area contributed by atoms with Gasteiger partial charge in [-0.15, -0.1) is 0 Å². The van der Waals surface area contributed by atoms with Gasteiger partial charge < -0.3 is 9.84 Å². The van der Waals surface area contributed by atoms with Gasteiger partial charge in [-0.2, -0.15) is 0 Å². The Kier molecular flexibility index (Phi) is 4.59. The Morgan fingerprint density at radius 3 is 2.57 bits per heavy atom. The first kappa shape index (κ1) is 17.5. The van der Waals surface area contributed by atoms with Crippen LogP contribution in [0, 0.1) is 6.92 Å². The molecule has 8 nitrogen and oxygen atoms in total. The summed E-state index contributed by atoms with van der Waals surface area (Å²) in [5.74, 6) is 0.0123. The summed E-state index contributed by atoms with van der Waals surface area (Å²) in [7, 11) is 0. The molecular formula is C20H16N4O4. The lowest BCUT2D eigenvalue weighted by atomic mass is 10.1. The average molecular weight is 376 g/mol. The van der Waals surface area contributed by atoms with Crippen LogP contribution < -0.4 is 11.1 Å². The number of aromatic amines is 1. The summed E-state index contributed by atoms with van der Waals surface area (Å²) in [5.41, 5.74) is 3.46. The van der Waals surface area contributed by atoms with Crippen LogP contribution in [0.15, 0.2) is 68.4 Å². The SMILES string of the molecule is Cc1c(CNC(=O)c2cccc(-c3noc(=O)[nH]3)c2)noc1-c1ccccc1. The molecule has 2 heterocycles. The van der Waals surface area contributed by atoms with Crippen molar-refractivity contribution >= 4 is 5.91 Å². The lowest BCUT2D eigenvalue weighted by Crippen LogP contribution is -2.23. The van der Waals surface area contributed by atoms with E-state index in [-0.39, 0.29) is 18.3 Å². The van der Waals surface area contributed by atoms with Crippen LogP contribution in [0.3, 0.4) is 0 Å². The molecule has 0 radical (unpaired) electrons. The van der Waals surface area contributed by atoms with Gasteiger partial charge in [0, 0.05) is 22.3 Å². The minimum absolute atomic E-state index is 0.228. The molecule has 140 valence electrons. The summed E-state index contributed by atoms with van der Waals surface area (Å²) in [6, 6.07) is 16.4. The number of rotatable bonds is 5. The van der Waals surface area contributed by atoms with Gasteiger partial charge in [0.25, 0.3) is 5.91 Å². The molecular weight excluding hydrogens is 360 g/mol. The van der Waals surface area contributed by atoms with Crippen LogP contribution in [-0.2, 0) is 6.54 Å². The van der Waals surface area contributed by atoms with E-state index in [1.807, 2.05) is 37.3 Å². The van der Waals surface area contributed by atoms with Crippen molar-refractivity contribution in [2.75, 3.05) is 0 Å². The maximum absolute atomic E-state index is 12.5. The minimum Gasteiger partial charge on any atom is -0.356 e. The van der Waals surface area contributed by atoms with Gasteiger partial charge in [0.15, 0.2) is 11.6 Å². The molecule has 2 aromatic carbocycles.